The fourth-order valence-corrected chi connectivity index (χ4v) is 3.38. The van der Waals surface area contributed by atoms with Crippen LogP contribution in [0.2, 0.25) is 0 Å². The summed E-state index contributed by atoms with van der Waals surface area (Å²) in [6.45, 7) is 2.06. The van der Waals surface area contributed by atoms with Crippen molar-refractivity contribution in [2.24, 2.45) is 0 Å². The normalized spacial score (nSPS) is 10.4. The molecule has 0 aliphatic rings. The third-order valence-corrected chi connectivity index (χ3v) is 4.29. The molecule has 0 heterocycles. The van der Waals surface area contributed by atoms with Crippen molar-refractivity contribution in [3.63, 3.8) is 0 Å². The molecule has 0 saturated carbocycles. The van der Waals surface area contributed by atoms with Crippen molar-refractivity contribution in [1.29, 1.82) is 0 Å². The zero-order chi connectivity index (χ0) is 12.3. The van der Waals surface area contributed by atoms with Gasteiger partial charge in [-0.2, -0.15) is 0 Å². The second-order valence-corrected chi connectivity index (χ2v) is 5.70. The maximum absolute atomic E-state index is 11.1. The van der Waals surface area contributed by atoms with Crippen LogP contribution in [-0.2, 0) is 6.42 Å². The van der Waals surface area contributed by atoms with Gasteiger partial charge in [-0.05, 0) is 69.7 Å². The number of hydrogen-bond donors (Lipinski definition) is 2. The summed E-state index contributed by atoms with van der Waals surface area (Å²) in [5.74, 6) is -0.737. The Balaban J connectivity index is 3.30. The van der Waals surface area contributed by atoms with E-state index in [1.165, 1.54) is 6.07 Å². The number of hydrogen-bond acceptors (Lipinski definition) is 2. The van der Waals surface area contributed by atoms with Gasteiger partial charge in [0.25, 0.3) is 0 Å². The molecule has 1 rings (SSSR count). The lowest BCUT2D eigenvalue weighted by molar-refractivity contribution is 0.0695. The van der Waals surface area contributed by atoms with Crippen molar-refractivity contribution in [2.75, 3.05) is 0 Å². The van der Waals surface area contributed by atoms with Crippen LogP contribution >= 0.6 is 45.2 Å². The first kappa shape index (κ1) is 14.0. The van der Waals surface area contributed by atoms with Crippen molar-refractivity contribution in [1.82, 2.24) is 0 Å². The van der Waals surface area contributed by atoms with Gasteiger partial charge in [-0.25, -0.2) is 4.79 Å². The van der Waals surface area contributed by atoms with E-state index in [4.69, 9.17) is 5.11 Å². The van der Waals surface area contributed by atoms with Crippen LogP contribution in [0.1, 0.15) is 35.7 Å². The Morgan fingerprint density at radius 2 is 2.06 bits per heavy atom. The lowest BCUT2D eigenvalue weighted by Crippen LogP contribution is -2.06. The van der Waals surface area contributed by atoms with Gasteiger partial charge in [-0.3, -0.25) is 0 Å². The lowest BCUT2D eigenvalue weighted by atomic mass is 10.0. The molecule has 0 saturated heterocycles. The Bertz CT molecular complexity index is 416. The maximum atomic E-state index is 11.1. The van der Waals surface area contributed by atoms with Crippen LogP contribution in [-0.4, -0.2) is 16.2 Å². The monoisotopic (exact) mass is 446 g/mol. The van der Waals surface area contributed by atoms with Gasteiger partial charge in [-0.1, -0.05) is 13.3 Å². The summed E-state index contributed by atoms with van der Waals surface area (Å²) in [6, 6.07) is 1.53. The standard InChI is InChI=1S/C11H12I2O3/c1-2-3-4-6-7(11(15)16)5-8(12)10(14)9(6)13/h5,14H,2-4H2,1H3,(H,15,16). The Labute approximate surface area is 122 Å². The number of carboxylic acid groups (broad SMARTS) is 1. The van der Waals surface area contributed by atoms with Gasteiger partial charge in [0.1, 0.15) is 5.75 Å². The number of aromatic carboxylic acids is 1. The van der Waals surface area contributed by atoms with Crippen LogP contribution in [0.25, 0.3) is 0 Å². The van der Waals surface area contributed by atoms with Crippen LogP contribution in [0.5, 0.6) is 5.75 Å². The predicted molar refractivity (Wildman–Crippen MR) is 79.1 cm³/mol. The zero-order valence-electron chi connectivity index (χ0n) is 8.76. The number of carboxylic acids is 1. The molecule has 0 amide bonds. The number of halogens is 2. The molecular formula is C11H12I2O3. The highest BCUT2D eigenvalue weighted by Gasteiger charge is 2.18. The van der Waals surface area contributed by atoms with Crippen LogP contribution in [0.4, 0.5) is 0 Å². The maximum Gasteiger partial charge on any atom is 0.336 e. The minimum absolute atomic E-state index is 0.192. The molecule has 0 bridgehead atoms. The molecule has 0 spiro atoms. The minimum atomic E-state index is -0.929. The number of aromatic hydroxyl groups is 1. The minimum Gasteiger partial charge on any atom is -0.506 e. The smallest absolute Gasteiger partial charge is 0.336 e. The molecule has 0 unspecified atom stereocenters. The number of rotatable bonds is 4. The van der Waals surface area contributed by atoms with E-state index in [1.807, 2.05) is 45.2 Å². The third kappa shape index (κ3) is 2.99. The van der Waals surface area contributed by atoms with E-state index in [-0.39, 0.29) is 5.75 Å². The van der Waals surface area contributed by atoms with Crippen molar-refractivity contribution in [3.05, 3.63) is 24.3 Å². The molecule has 0 aliphatic heterocycles. The topological polar surface area (TPSA) is 57.5 Å². The van der Waals surface area contributed by atoms with Crippen LogP contribution in [0, 0.1) is 7.14 Å². The summed E-state index contributed by atoms with van der Waals surface area (Å²) in [5, 5.41) is 18.9. The average Bonchev–Trinajstić information content (AvgIpc) is 2.24. The molecule has 3 nitrogen and oxygen atoms in total. The summed E-state index contributed by atoms with van der Waals surface area (Å²) in [6.07, 6.45) is 2.62. The molecule has 0 atom stereocenters. The zero-order valence-corrected chi connectivity index (χ0v) is 13.1. The van der Waals surface area contributed by atoms with E-state index >= 15 is 0 Å². The summed E-state index contributed by atoms with van der Waals surface area (Å²) < 4.78 is 1.25. The highest BCUT2D eigenvalue weighted by Crippen LogP contribution is 2.32. The SMILES string of the molecule is CCCCc1c(C(=O)O)cc(I)c(O)c1I. The summed E-state index contributed by atoms with van der Waals surface area (Å²) in [5.41, 5.74) is 1.05. The van der Waals surface area contributed by atoms with Crippen molar-refractivity contribution >= 4 is 51.2 Å². The first-order valence-electron chi connectivity index (χ1n) is 4.92. The second kappa shape index (κ2) is 6.04. The first-order valence-corrected chi connectivity index (χ1v) is 7.07. The van der Waals surface area contributed by atoms with E-state index in [1.54, 1.807) is 0 Å². The molecule has 0 fully saturated rings. The van der Waals surface area contributed by atoms with Crippen LogP contribution < -0.4 is 0 Å². The van der Waals surface area contributed by atoms with Gasteiger partial charge in [-0.15, -0.1) is 0 Å². The quantitative estimate of drug-likeness (QED) is 0.695. The van der Waals surface area contributed by atoms with Crippen molar-refractivity contribution < 1.29 is 15.0 Å². The first-order chi connectivity index (χ1) is 7.49. The van der Waals surface area contributed by atoms with Crippen molar-refractivity contribution in [3.8, 4) is 5.75 Å². The van der Waals surface area contributed by atoms with Gasteiger partial charge in [0, 0.05) is 0 Å². The summed E-state index contributed by atoms with van der Waals surface area (Å²) in [4.78, 5) is 11.1. The van der Waals surface area contributed by atoms with E-state index in [0.717, 1.165) is 18.4 Å². The molecule has 0 radical (unpaired) electrons. The fraction of sp³-hybridized carbons (Fsp3) is 0.364. The average molecular weight is 446 g/mol. The van der Waals surface area contributed by atoms with Crippen molar-refractivity contribution in [2.45, 2.75) is 26.2 Å². The fourth-order valence-electron chi connectivity index (χ4n) is 1.44. The van der Waals surface area contributed by atoms with E-state index in [2.05, 4.69) is 6.92 Å². The van der Waals surface area contributed by atoms with Gasteiger partial charge < -0.3 is 10.2 Å². The molecule has 16 heavy (non-hydrogen) atoms. The van der Waals surface area contributed by atoms with Gasteiger partial charge in [0.15, 0.2) is 0 Å². The third-order valence-electron chi connectivity index (χ3n) is 2.31. The van der Waals surface area contributed by atoms with Crippen LogP contribution in [0.3, 0.4) is 0 Å². The highest BCUT2D eigenvalue weighted by molar-refractivity contribution is 14.1. The molecule has 2 N–H and O–H groups in total. The second-order valence-electron chi connectivity index (χ2n) is 3.46. The number of unbranched alkanes of at least 4 members (excludes halogenated alkanes) is 1. The van der Waals surface area contributed by atoms with Gasteiger partial charge in [0.2, 0.25) is 0 Å². The summed E-state index contributed by atoms with van der Waals surface area (Å²) in [7, 11) is 0. The largest absolute Gasteiger partial charge is 0.506 e. The Kier molecular flexibility index (Phi) is 5.29. The number of carbonyl (C=O) groups is 1. The van der Waals surface area contributed by atoms with Gasteiger partial charge >= 0.3 is 5.97 Å². The molecule has 0 aliphatic carbocycles. The number of phenols is 1. The molecule has 0 aromatic heterocycles. The number of phenolic OH excluding ortho intramolecular Hbond substituents is 1. The predicted octanol–water partition coefficient (Wildman–Crippen LogP) is 3.64. The lowest BCUT2D eigenvalue weighted by Gasteiger charge is -2.11. The molecule has 5 heteroatoms. The highest BCUT2D eigenvalue weighted by atomic mass is 127. The van der Waals surface area contributed by atoms with Gasteiger partial charge in [0.05, 0.1) is 12.7 Å². The van der Waals surface area contributed by atoms with Crippen LogP contribution in [0.15, 0.2) is 6.07 Å². The van der Waals surface area contributed by atoms with E-state index < -0.39 is 5.97 Å². The van der Waals surface area contributed by atoms with E-state index in [9.17, 15) is 9.90 Å². The molecule has 1 aromatic carbocycles. The number of benzene rings is 1. The Morgan fingerprint density at radius 3 is 2.56 bits per heavy atom. The summed E-state index contributed by atoms with van der Waals surface area (Å²) >= 11 is 3.96. The molecule has 1 aromatic rings. The Hall–Kier alpha value is -0.0500. The molecule has 88 valence electrons. The van der Waals surface area contributed by atoms with E-state index in [0.29, 0.717) is 19.1 Å². The molecular weight excluding hydrogens is 434 g/mol. The Morgan fingerprint density at radius 1 is 1.44 bits per heavy atom.